The van der Waals surface area contributed by atoms with E-state index in [1.54, 1.807) is 17.0 Å². The average molecular weight is 478 g/mol. The van der Waals surface area contributed by atoms with Crippen molar-refractivity contribution >= 4 is 27.4 Å². The van der Waals surface area contributed by atoms with Crippen molar-refractivity contribution in [3.8, 4) is 5.75 Å². The Morgan fingerprint density at radius 3 is 2.27 bits per heavy atom. The number of carbonyl (C=O) groups is 2. The number of carbonyl (C=O) groups excluding carboxylic acids is 2. The minimum Gasteiger partial charge on any atom is -0.490 e. The van der Waals surface area contributed by atoms with Gasteiger partial charge in [-0.3, -0.25) is 9.59 Å². The molecular weight excluding hydrogens is 449 g/mol. The highest BCUT2D eigenvalue weighted by Gasteiger charge is 2.27. The van der Waals surface area contributed by atoms with E-state index in [1.807, 2.05) is 18.7 Å². The van der Waals surface area contributed by atoms with Crippen LogP contribution >= 0.6 is 0 Å². The van der Waals surface area contributed by atoms with Gasteiger partial charge in [-0.15, -0.1) is 0 Å². The first kappa shape index (κ1) is 24.7. The molecule has 0 bridgehead atoms. The van der Waals surface area contributed by atoms with Crippen LogP contribution in [-0.2, 0) is 10.0 Å². The Balaban J connectivity index is 1.81. The van der Waals surface area contributed by atoms with E-state index in [0.717, 1.165) is 0 Å². The Kier molecular flexibility index (Phi) is 7.38. The number of nitrogens with zero attached hydrogens (tertiary/aromatic N) is 2. The van der Waals surface area contributed by atoms with Crippen molar-refractivity contribution in [2.75, 3.05) is 38.1 Å². The first-order valence-electron chi connectivity index (χ1n) is 10.6. The second-order valence-electron chi connectivity index (χ2n) is 8.03. The molecular formula is C23H28FN3O5S. The predicted molar refractivity (Wildman–Crippen MR) is 123 cm³/mol. The van der Waals surface area contributed by atoms with Gasteiger partial charge in [0, 0.05) is 31.7 Å². The summed E-state index contributed by atoms with van der Waals surface area (Å²) < 4.78 is 47.0. The van der Waals surface area contributed by atoms with E-state index >= 15 is 0 Å². The van der Waals surface area contributed by atoms with Gasteiger partial charge in [-0.25, -0.2) is 17.5 Å². The van der Waals surface area contributed by atoms with Crippen molar-refractivity contribution in [3.63, 3.8) is 0 Å². The lowest BCUT2D eigenvalue weighted by Gasteiger charge is -2.36. The molecule has 178 valence electrons. The van der Waals surface area contributed by atoms with E-state index in [9.17, 15) is 22.4 Å². The highest BCUT2D eigenvalue weighted by Crippen LogP contribution is 2.27. The first-order valence-corrected chi connectivity index (χ1v) is 12.1. The fourth-order valence-electron chi connectivity index (χ4n) is 3.62. The number of ketones is 1. The van der Waals surface area contributed by atoms with E-state index in [-0.39, 0.29) is 28.3 Å². The van der Waals surface area contributed by atoms with Gasteiger partial charge >= 0.3 is 0 Å². The molecule has 0 aliphatic carbocycles. The van der Waals surface area contributed by atoms with E-state index in [2.05, 4.69) is 4.72 Å². The van der Waals surface area contributed by atoms with E-state index in [4.69, 9.17) is 4.74 Å². The lowest BCUT2D eigenvalue weighted by atomic mass is 10.1. The second-order valence-corrected chi connectivity index (χ2v) is 9.92. The Morgan fingerprint density at radius 2 is 1.73 bits per heavy atom. The monoisotopic (exact) mass is 477 g/mol. The number of hydrogen-bond acceptors (Lipinski definition) is 6. The number of anilines is 1. The number of piperazine rings is 1. The molecule has 3 rings (SSSR count). The van der Waals surface area contributed by atoms with Crippen LogP contribution in [0, 0.1) is 5.82 Å². The van der Waals surface area contributed by atoms with Crippen molar-refractivity contribution in [1.29, 1.82) is 0 Å². The van der Waals surface area contributed by atoms with Crippen molar-refractivity contribution in [3.05, 3.63) is 53.3 Å². The van der Waals surface area contributed by atoms with Crippen LogP contribution in [0.15, 0.2) is 41.3 Å². The number of halogens is 1. The molecule has 1 N–H and O–H groups in total. The Hall–Kier alpha value is -2.98. The van der Waals surface area contributed by atoms with Gasteiger partial charge in [-0.05, 0) is 64.2 Å². The maximum atomic E-state index is 14.5. The summed E-state index contributed by atoms with van der Waals surface area (Å²) in [7, 11) is -2.44. The molecule has 33 heavy (non-hydrogen) atoms. The number of nitrogens with one attached hydrogen (secondary N) is 1. The summed E-state index contributed by atoms with van der Waals surface area (Å²) in [6, 6.07) is 8.58. The van der Waals surface area contributed by atoms with Gasteiger partial charge < -0.3 is 14.5 Å². The zero-order valence-corrected chi connectivity index (χ0v) is 19.9. The summed E-state index contributed by atoms with van der Waals surface area (Å²) in [5.41, 5.74) is 0.836. The molecule has 1 fully saturated rings. The first-order chi connectivity index (χ1) is 15.5. The SMILES string of the molecule is CNS(=O)(=O)c1ccc(OC(C)C)c(C(=O)N2CCN(c3ccc(C(C)=O)cc3F)CC2)c1. The van der Waals surface area contributed by atoms with Gasteiger partial charge in [0.15, 0.2) is 5.78 Å². The fraction of sp³-hybridized carbons (Fsp3) is 0.391. The predicted octanol–water partition coefficient (Wildman–Crippen LogP) is 2.69. The largest absolute Gasteiger partial charge is 0.490 e. The third-order valence-electron chi connectivity index (χ3n) is 5.38. The van der Waals surface area contributed by atoms with Crippen LogP contribution in [0.1, 0.15) is 41.5 Å². The van der Waals surface area contributed by atoms with Crippen molar-refractivity contribution < 1.29 is 27.1 Å². The number of ether oxygens (including phenoxy) is 1. The van der Waals surface area contributed by atoms with E-state index in [0.29, 0.717) is 43.2 Å². The zero-order valence-electron chi connectivity index (χ0n) is 19.1. The van der Waals surface area contributed by atoms with Gasteiger partial charge in [0.1, 0.15) is 11.6 Å². The van der Waals surface area contributed by atoms with Gasteiger partial charge in [0.2, 0.25) is 10.0 Å². The van der Waals surface area contributed by atoms with Crippen LogP contribution in [0.25, 0.3) is 0 Å². The van der Waals surface area contributed by atoms with Crippen molar-refractivity contribution in [1.82, 2.24) is 9.62 Å². The van der Waals surface area contributed by atoms with Gasteiger partial charge in [-0.1, -0.05) is 0 Å². The van der Waals surface area contributed by atoms with E-state index < -0.39 is 15.8 Å². The number of hydrogen-bond donors (Lipinski definition) is 1. The summed E-state index contributed by atoms with van der Waals surface area (Å²) in [4.78, 5) is 28.1. The van der Waals surface area contributed by atoms with Crippen LogP contribution in [-0.4, -0.2) is 64.3 Å². The minimum atomic E-state index is -3.74. The molecule has 0 unspecified atom stereocenters. The van der Waals surface area contributed by atoms with Gasteiger partial charge in [0.25, 0.3) is 5.91 Å². The number of benzene rings is 2. The topological polar surface area (TPSA) is 96.0 Å². The highest BCUT2D eigenvalue weighted by molar-refractivity contribution is 7.89. The molecule has 1 heterocycles. The lowest BCUT2D eigenvalue weighted by molar-refractivity contribution is 0.0740. The second kappa shape index (κ2) is 9.88. The third kappa shape index (κ3) is 5.51. The number of amides is 1. The molecule has 1 saturated heterocycles. The molecule has 0 aromatic heterocycles. The Bertz CT molecular complexity index is 1160. The highest BCUT2D eigenvalue weighted by atomic mass is 32.2. The molecule has 1 aliphatic rings. The van der Waals surface area contributed by atoms with Gasteiger partial charge in [-0.2, -0.15) is 0 Å². The Morgan fingerprint density at radius 1 is 1.06 bits per heavy atom. The average Bonchev–Trinajstić information content (AvgIpc) is 2.78. The summed E-state index contributed by atoms with van der Waals surface area (Å²) >= 11 is 0. The smallest absolute Gasteiger partial charge is 0.257 e. The molecule has 0 radical (unpaired) electrons. The normalized spacial score (nSPS) is 14.5. The molecule has 0 saturated carbocycles. The van der Waals surface area contributed by atoms with Crippen molar-refractivity contribution in [2.24, 2.45) is 0 Å². The lowest BCUT2D eigenvalue weighted by Crippen LogP contribution is -2.49. The van der Waals surface area contributed by atoms with Gasteiger partial charge in [0.05, 0.1) is 22.3 Å². The maximum Gasteiger partial charge on any atom is 0.257 e. The van der Waals surface area contributed by atoms with E-state index in [1.165, 1.54) is 38.2 Å². The van der Waals surface area contributed by atoms with Crippen LogP contribution in [0.2, 0.25) is 0 Å². The number of rotatable bonds is 7. The zero-order chi connectivity index (χ0) is 24.3. The standard InChI is InChI=1S/C23H28FN3O5S/c1-15(2)32-22-8-6-18(33(30,31)25-4)14-19(22)23(29)27-11-9-26(10-12-27)21-7-5-17(16(3)28)13-20(21)24/h5-8,13-15,25H,9-12H2,1-4H3. The molecule has 1 aliphatic heterocycles. The molecule has 10 heteroatoms. The van der Waals surface area contributed by atoms with Crippen LogP contribution in [0.5, 0.6) is 5.75 Å². The van der Waals surface area contributed by atoms with Crippen LogP contribution in [0.4, 0.5) is 10.1 Å². The quantitative estimate of drug-likeness (QED) is 0.616. The summed E-state index contributed by atoms with van der Waals surface area (Å²) in [5.74, 6) is -0.748. The minimum absolute atomic E-state index is 0.0317. The summed E-state index contributed by atoms with van der Waals surface area (Å²) in [5, 5.41) is 0. The molecule has 2 aromatic rings. The fourth-order valence-corrected chi connectivity index (χ4v) is 4.38. The molecule has 8 nitrogen and oxygen atoms in total. The number of sulfonamides is 1. The van der Waals surface area contributed by atoms with Crippen molar-refractivity contribution in [2.45, 2.75) is 31.8 Å². The molecule has 0 atom stereocenters. The van der Waals surface area contributed by atoms with Crippen LogP contribution in [0.3, 0.4) is 0 Å². The Labute approximate surface area is 193 Å². The molecule has 0 spiro atoms. The molecule has 1 amide bonds. The maximum absolute atomic E-state index is 14.5. The third-order valence-corrected chi connectivity index (χ3v) is 6.80. The summed E-state index contributed by atoms with van der Waals surface area (Å²) in [6.07, 6.45) is -0.207. The number of Topliss-reactive ketones (excluding diaryl/α,β-unsaturated/α-hetero) is 1. The molecule has 2 aromatic carbocycles. The van der Waals surface area contributed by atoms with Crippen LogP contribution < -0.4 is 14.4 Å². The summed E-state index contributed by atoms with van der Waals surface area (Å²) in [6.45, 7) is 6.42.